The third-order valence-electron chi connectivity index (χ3n) is 2.38. The van der Waals surface area contributed by atoms with Gasteiger partial charge in [-0.3, -0.25) is 4.99 Å². The van der Waals surface area contributed by atoms with Crippen LogP contribution in [0.4, 0.5) is 0 Å². The Balaban J connectivity index is 2.10. The number of thioether (sulfide) groups is 1. The van der Waals surface area contributed by atoms with Gasteiger partial charge in [-0.25, -0.2) is 0 Å². The highest BCUT2D eigenvalue weighted by atomic mass is 32.2. The lowest BCUT2D eigenvalue weighted by molar-refractivity contribution is 1.40. The van der Waals surface area contributed by atoms with Crippen molar-refractivity contribution in [2.45, 2.75) is 5.75 Å². The maximum atomic E-state index is 6.08. The molecule has 92 valence electrons. The van der Waals surface area contributed by atoms with Gasteiger partial charge in [0.25, 0.3) is 0 Å². The lowest BCUT2D eigenvalue weighted by atomic mass is 10.2. The van der Waals surface area contributed by atoms with Crippen molar-refractivity contribution in [1.29, 1.82) is 0 Å². The van der Waals surface area contributed by atoms with E-state index in [2.05, 4.69) is 23.8 Å². The molecule has 0 aliphatic heterocycles. The molecule has 0 spiro atoms. The molecule has 0 bridgehead atoms. The van der Waals surface area contributed by atoms with Crippen molar-refractivity contribution in [3.05, 3.63) is 63.3 Å². The van der Waals surface area contributed by atoms with Crippen LogP contribution in [0.1, 0.15) is 10.4 Å². The molecule has 18 heavy (non-hydrogen) atoms. The molecule has 2 rings (SSSR count). The third kappa shape index (κ3) is 3.24. The van der Waals surface area contributed by atoms with Crippen molar-refractivity contribution in [2.24, 2.45) is 10.7 Å². The maximum absolute atomic E-state index is 6.08. The Bertz CT molecular complexity index is 530. The first-order chi connectivity index (χ1) is 8.81. The molecule has 1 heterocycles. The number of hydrogen-bond acceptors (Lipinski definition) is 4. The van der Waals surface area contributed by atoms with Crippen LogP contribution >= 0.6 is 23.1 Å². The smallest absolute Gasteiger partial charge is 0.109 e. The van der Waals surface area contributed by atoms with Crippen LogP contribution in [0.5, 0.6) is 0 Å². The van der Waals surface area contributed by atoms with Crippen molar-refractivity contribution >= 4 is 35.5 Å². The summed E-state index contributed by atoms with van der Waals surface area (Å²) in [6.07, 6.45) is 0. The Hall–Kier alpha value is -1.52. The molecule has 0 radical (unpaired) electrons. The second-order valence-corrected chi connectivity index (χ2v) is 5.59. The summed E-state index contributed by atoms with van der Waals surface area (Å²) >= 11 is 3.21. The fraction of sp³-hybridized carbons (Fsp3) is 0.0714. The van der Waals surface area contributed by atoms with Crippen LogP contribution in [0.3, 0.4) is 0 Å². The second kappa shape index (κ2) is 6.42. The minimum Gasteiger partial charge on any atom is -0.392 e. The van der Waals surface area contributed by atoms with Gasteiger partial charge in [-0.15, -0.1) is 23.1 Å². The molecule has 2 aromatic rings. The quantitative estimate of drug-likeness (QED) is 0.838. The molecule has 2 nitrogen and oxygen atoms in total. The van der Waals surface area contributed by atoms with Crippen LogP contribution < -0.4 is 5.73 Å². The average Bonchev–Trinajstić information content (AvgIpc) is 2.92. The monoisotopic (exact) mass is 274 g/mol. The molecule has 0 amide bonds. The van der Waals surface area contributed by atoms with Crippen LogP contribution in [-0.2, 0) is 5.75 Å². The Morgan fingerprint density at radius 1 is 1.22 bits per heavy atom. The van der Waals surface area contributed by atoms with Gasteiger partial charge in [-0.05, 0) is 23.7 Å². The first-order valence-electron chi connectivity index (χ1n) is 5.48. The van der Waals surface area contributed by atoms with Crippen molar-refractivity contribution in [2.75, 3.05) is 0 Å². The van der Waals surface area contributed by atoms with E-state index in [1.54, 1.807) is 23.1 Å². The predicted octanol–water partition coefficient (Wildman–Crippen LogP) is 3.97. The first-order valence-corrected chi connectivity index (χ1v) is 7.35. The summed E-state index contributed by atoms with van der Waals surface area (Å²) < 4.78 is 0. The number of aliphatic imine (C=N–C) groups is 1. The van der Waals surface area contributed by atoms with Gasteiger partial charge in [-0.2, -0.15) is 0 Å². The predicted molar refractivity (Wildman–Crippen MR) is 82.7 cm³/mol. The van der Waals surface area contributed by atoms with Crippen LogP contribution in [0, 0.1) is 0 Å². The van der Waals surface area contributed by atoms with Crippen molar-refractivity contribution in [3.63, 3.8) is 0 Å². The van der Waals surface area contributed by atoms with E-state index in [-0.39, 0.29) is 0 Å². The molecule has 4 heteroatoms. The van der Waals surface area contributed by atoms with Crippen LogP contribution in [-0.4, -0.2) is 6.72 Å². The Morgan fingerprint density at radius 3 is 2.61 bits per heavy atom. The molecule has 0 unspecified atom stereocenters. The topological polar surface area (TPSA) is 38.4 Å². The average molecular weight is 274 g/mol. The molecule has 2 N–H and O–H groups in total. The zero-order chi connectivity index (χ0) is 12.8. The summed E-state index contributed by atoms with van der Waals surface area (Å²) in [6, 6.07) is 14.2. The maximum Gasteiger partial charge on any atom is 0.109 e. The van der Waals surface area contributed by atoms with Gasteiger partial charge in [0, 0.05) is 5.75 Å². The summed E-state index contributed by atoms with van der Waals surface area (Å²) in [5.41, 5.74) is 8.12. The molecule has 0 fully saturated rings. The fourth-order valence-corrected chi connectivity index (χ4v) is 3.13. The fourth-order valence-electron chi connectivity index (χ4n) is 1.49. The lowest BCUT2D eigenvalue weighted by Crippen LogP contribution is -1.97. The lowest BCUT2D eigenvalue weighted by Gasteiger charge is -2.05. The van der Waals surface area contributed by atoms with Gasteiger partial charge in [0.05, 0.1) is 9.91 Å². The van der Waals surface area contributed by atoms with Crippen LogP contribution in [0.15, 0.2) is 57.9 Å². The molecular formula is C14H14N2S2. The van der Waals surface area contributed by atoms with E-state index in [0.29, 0.717) is 0 Å². The highest BCUT2D eigenvalue weighted by Crippen LogP contribution is 2.29. The molecule has 1 aromatic heterocycles. The number of benzene rings is 1. The van der Waals surface area contributed by atoms with Gasteiger partial charge in [0.2, 0.25) is 0 Å². The number of rotatable bonds is 5. The minimum atomic E-state index is 0.719. The molecule has 0 aliphatic rings. The van der Waals surface area contributed by atoms with Crippen molar-refractivity contribution in [3.8, 4) is 0 Å². The molecule has 0 saturated heterocycles. The third-order valence-corrected chi connectivity index (χ3v) is 4.24. The van der Waals surface area contributed by atoms with E-state index in [1.807, 2.05) is 35.7 Å². The normalized spacial score (nSPS) is 12.0. The molecule has 0 saturated carbocycles. The SMILES string of the molecule is C=N/C(=C(/N)SCc1ccccc1)c1cccs1. The van der Waals surface area contributed by atoms with Crippen LogP contribution in [0.25, 0.3) is 5.70 Å². The highest BCUT2D eigenvalue weighted by molar-refractivity contribution is 8.02. The van der Waals surface area contributed by atoms with E-state index >= 15 is 0 Å². The summed E-state index contributed by atoms with van der Waals surface area (Å²) in [5, 5.41) is 2.73. The van der Waals surface area contributed by atoms with Gasteiger partial charge < -0.3 is 5.73 Å². The number of nitrogens with zero attached hydrogens (tertiary/aromatic N) is 1. The molecule has 0 atom stereocenters. The minimum absolute atomic E-state index is 0.719. The van der Waals surface area contributed by atoms with Crippen LogP contribution in [0.2, 0.25) is 0 Å². The Labute approximate surface area is 115 Å². The molecule has 1 aromatic carbocycles. The van der Waals surface area contributed by atoms with E-state index in [9.17, 15) is 0 Å². The highest BCUT2D eigenvalue weighted by Gasteiger charge is 2.06. The largest absolute Gasteiger partial charge is 0.392 e. The Morgan fingerprint density at radius 2 is 2.00 bits per heavy atom. The van der Waals surface area contributed by atoms with Gasteiger partial charge in [0.15, 0.2) is 0 Å². The van der Waals surface area contributed by atoms with E-state index in [4.69, 9.17) is 5.73 Å². The van der Waals surface area contributed by atoms with Gasteiger partial charge >= 0.3 is 0 Å². The van der Waals surface area contributed by atoms with Crippen molar-refractivity contribution in [1.82, 2.24) is 0 Å². The van der Waals surface area contributed by atoms with E-state index < -0.39 is 0 Å². The summed E-state index contributed by atoms with van der Waals surface area (Å²) in [7, 11) is 0. The van der Waals surface area contributed by atoms with Gasteiger partial charge in [0.1, 0.15) is 5.70 Å². The summed E-state index contributed by atoms with van der Waals surface area (Å²) in [4.78, 5) is 5.10. The summed E-state index contributed by atoms with van der Waals surface area (Å²) in [6.45, 7) is 3.60. The Kier molecular flexibility index (Phi) is 4.61. The second-order valence-electron chi connectivity index (χ2n) is 3.62. The first kappa shape index (κ1) is 12.9. The number of nitrogens with two attached hydrogens (primary N) is 1. The standard InChI is InChI=1S/C14H14N2S2/c1-16-13(12-8-5-9-17-12)14(15)18-10-11-6-3-2-4-7-11/h2-9H,1,10,15H2/b14-13-. The number of thiophene rings is 1. The molecular weight excluding hydrogens is 260 g/mol. The summed E-state index contributed by atoms with van der Waals surface area (Å²) in [5.74, 6) is 0.844. The van der Waals surface area contributed by atoms with Gasteiger partial charge in [-0.1, -0.05) is 36.4 Å². The molecule has 0 aliphatic carbocycles. The number of hydrogen-bond donors (Lipinski definition) is 1. The zero-order valence-electron chi connectivity index (χ0n) is 9.87. The van der Waals surface area contributed by atoms with E-state index in [0.717, 1.165) is 21.4 Å². The zero-order valence-corrected chi connectivity index (χ0v) is 11.5. The van der Waals surface area contributed by atoms with E-state index in [1.165, 1.54) is 5.56 Å². The van der Waals surface area contributed by atoms with Crippen molar-refractivity contribution < 1.29 is 0 Å².